The Morgan fingerprint density at radius 1 is 0.800 bits per heavy atom. The van der Waals surface area contributed by atoms with Gasteiger partial charge in [0.2, 0.25) is 0 Å². The summed E-state index contributed by atoms with van der Waals surface area (Å²) in [5.41, 5.74) is 0.109. The predicted molar refractivity (Wildman–Crippen MR) is 111 cm³/mol. The zero-order valence-corrected chi connectivity index (χ0v) is 18.9. The van der Waals surface area contributed by atoms with Crippen LogP contribution in [-0.4, -0.2) is 43.8 Å². The molecule has 5 nitrogen and oxygen atoms in total. The molecule has 6 aliphatic rings. The second kappa shape index (κ2) is 6.52. The molecule has 168 valence electrons. The van der Waals surface area contributed by atoms with Gasteiger partial charge in [0.15, 0.2) is 11.6 Å². The molecule has 4 aliphatic carbocycles. The maximum absolute atomic E-state index is 13.9. The van der Waals surface area contributed by atoms with Crippen molar-refractivity contribution >= 4 is 5.78 Å². The highest BCUT2D eigenvalue weighted by molar-refractivity contribution is 5.84. The third kappa shape index (κ3) is 2.58. The van der Waals surface area contributed by atoms with Crippen molar-refractivity contribution in [2.24, 2.45) is 40.4 Å². The minimum absolute atomic E-state index is 0.00804. The Kier molecular flexibility index (Phi) is 4.38. The van der Waals surface area contributed by atoms with E-state index in [1.165, 1.54) is 19.3 Å². The van der Waals surface area contributed by atoms with Gasteiger partial charge in [-0.15, -0.1) is 0 Å². The zero-order chi connectivity index (χ0) is 20.8. The largest absolute Gasteiger partial charge is 0.348 e. The second-order valence-corrected chi connectivity index (χ2v) is 11.8. The first-order valence-electron chi connectivity index (χ1n) is 12.4. The molecule has 0 aromatic carbocycles. The molecule has 1 spiro atoms. The molecule has 0 radical (unpaired) electrons. The summed E-state index contributed by atoms with van der Waals surface area (Å²) < 4.78 is 24.4. The highest BCUT2D eigenvalue weighted by Gasteiger charge is 2.67. The topological polar surface area (TPSA) is 54.0 Å². The van der Waals surface area contributed by atoms with Gasteiger partial charge in [-0.1, -0.05) is 13.8 Å². The van der Waals surface area contributed by atoms with Gasteiger partial charge < -0.3 is 18.9 Å². The Morgan fingerprint density at radius 3 is 2.23 bits per heavy atom. The predicted octanol–water partition coefficient (Wildman–Crippen LogP) is 4.33. The van der Waals surface area contributed by atoms with Crippen LogP contribution in [0.5, 0.6) is 0 Å². The summed E-state index contributed by atoms with van der Waals surface area (Å²) in [5.74, 6) is 1.86. The number of ketones is 1. The first kappa shape index (κ1) is 20.1. The van der Waals surface area contributed by atoms with Crippen LogP contribution in [0.3, 0.4) is 0 Å². The normalized spacial score (nSPS) is 51.6. The van der Waals surface area contributed by atoms with Gasteiger partial charge in [-0.2, -0.15) is 0 Å². The standard InChI is InChI=1S/C25H38O5/c1-22-8-9-25(29-12-13-30-25)14-16(22)4-5-17-18-6-7-20(24(3)27-10-11-28-24)23(18,2)15-19(26)21(17)22/h16-18,20-21H,4-15H2,1-3H3/t16?,17?,18?,20?,21?,22-,23-/m0/s1. The highest BCUT2D eigenvalue weighted by atomic mass is 16.7. The number of hydrogen-bond donors (Lipinski definition) is 0. The summed E-state index contributed by atoms with van der Waals surface area (Å²) in [6.45, 7) is 9.73. The molecule has 7 atom stereocenters. The molecule has 6 fully saturated rings. The Labute approximate surface area is 180 Å². The van der Waals surface area contributed by atoms with Gasteiger partial charge in [0.25, 0.3) is 0 Å². The van der Waals surface area contributed by atoms with Crippen LogP contribution in [0.25, 0.3) is 0 Å². The summed E-state index contributed by atoms with van der Waals surface area (Å²) in [6.07, 6.45) is 8.41. The fourth-order valence-corrected chi connectivity index (χ4v) is 9.36. The van der Waals surface area contributed by atoms with E-state index >= 15 is 0 Å². The van der Waals surface area contributed by atoms with E-state index in [1.807, 2.05) is 0 Å². The molecule has 30 heavy (non-hydrogen) atoms. The number of carbonyl (C=O) groups is 1. The monoisotopic (exact) mass is 418 g/mol. The van der Waals surface area contributed by atoms with Crippen molar-refractivity contribution in [2.45, 2.75) is 83.7 Å². The van der Waals surface area contributed by atoms with Crippen LogP contribution >= 0.6 is 0 Å². The number of ether oxygens (including phenoxy) is 4. The smallest absolute Gasteiger partial charge is 0.169 e. The maximum atomic E-state index is 13.9. The number of rotatable bonds is 1. The maximum Gasteiger partial charge on any atom is 0.169 e. The lowest BCUT2D eigenvalue weighted by Crippen LogP contribution is -2.60. The summed E-state index contributed by atoms with van der Waals surface area (Å²) in [5, 5.41) is 0. The molecule has 2 aliphatic heterocycles. The molecule has 4 saturated carbocycles. The number of fused-ring (bicyclic) bond motifs is 5. The Bertz CT molecular complexity index is 723. The van der Waals surface area contributed by atoms with Crippen molar-refractivity contribution in [2.75, 3.05) is 26.4 Å². The van der Waals surface area contributed by atoms with E-state index in [0.29, 0.717) is 49.1 Å². The summed E-state index contributed by atoms with van der Waals surface area (Å²) >= 11 is 0. The first-order valence-corrected chi connectivity index (χ1v) is 12.4. The van der Waals surface area contributed by atoms with E-state index in [-0.39, 0.29) is 22.5 Å². The van der Waals surface area contributed by atoms with E-state index < -0.39 is 5.79 Å². The highest BCUT2D eigenvalue weighted by Crippen LogP contribution is 2.68. The number of Topliss-reactive ketones (excluding diaryl/α,β-unsaturated/α-hetero) is 1. The molecule has 0 amide bonds. The Morgan fingerprint density at radius 2 is 1.50 bits per heavy atom. The van der Waals surface area contributed by atoms with Crippen LogP contribution in [-0.2, 0) is 23.7 Å². The summed E-state index contributed by atoms with van der Waals surface area (Å²) in [4.78, 5) is 13.9. The minimum Gasteiger partial charge on any atom is -0.348 e. The van der Waals surface area contributed by atoms with E-state index in [9.17, 15) is 4.79 Å². The van der Waals surface area contributed by atoms with Crippen molar-refractivity contribution in [1.82, 2.24) is 0 Å². The third-order valence-electron chi connectivity index (χ3n) is 10.7. The number of hydrogen-bond acceptors (Lipinski definition) is 5. The molecule has 0 aromatic heterocycles. The summed E-state index contributed by atoms with van der Waals surface area (Å²) in [7, 11) is 0. The second-order valence-electron chi connectivity index (χ2n) is 11.8. The van der Waals surface area contributed by atoms with Gasteiger partial charge in [-0.3, -0.25) is 4.79 Å². The van der Waals surface area contributed by atoms with Gasteiger partial charge in [0, 0.05) is 31.1 Å². The van der Waals surface area contributed by atoms with Crippen LogP contribution in [0, 0.1) is 40.4 Å². The Balaban J connectivity index is 1.29. The lowest BCUT2D eigenvalue weighted by atomic mass is 9.44. The molecular weight excluding hydrogens is 380 g/mol. The van der Waals surface area contributed by atoms with Crippen molar-refractivity contribution in [3.05, 3.63) is 0 Å². The van der Waals surface area contributed by atoms with E-state index in [2.05, 4.69) is 20.8 Å². The zero-order valence-electron chi connectivity index (χ0n) is 18.9. The van der Waals surface area contributed by atoms with Gasteiger partial charge in [-0.05, 0) is 67.6 Å². The van der Waals surface area contributed by atoms with E-state index in [1.54, 1.807) is 0 Å². The van der Waals surface area contributed by atoms with Crippen LogP contribution in [0.4, 0.5) is 0 Å². The molecule has 5 unspecified atom stereocenters. The molecular formula is C25H38O5. The third-order valence-corrected chi connectivity index (χ3v) is 10.7. The fourth-order valence-electron chi connectivity index (χ4n) is 9.36. The average molecular weight is 419 g/mol. The SMILES string of the molecule is CC1(C2CCC3C4CCC5CC6(CC[C@]5(C)C4C(=O)C[C@@]32C)OCCO6)OCCO1. The van der Waals surface area contributed by atoms with Gasteiger partial charge in [0.1, 0.15) is 5.78 Å². The minimum atomic E-state index is -0.508. The summed E-state index contributed by atoms with van der Waals surface area (Å²) in [6, 6.07) is 0. The first-order chi connectivity index (χ1) is 14.3. The molecule has 0 bridgehead atoms. The van der Waals surface area contributed by atoms with E-state index in [0.717, 1.165) is 38.9 Å². The van der Waals surface area contributed by atoms with E-state index in [4.69, 9.17) is 18.9 Å². The van der Waals surface area contributed by atoms with Crippen molar-refractivity contribution in [1.29, 1.82) is 0 Å². The van der Waals surface area contributed by atoms with Gasteiger partial charge >= 0.3 is 0 Å². The Hall–Kier alpha value is -0.490. The molecule has 2 heterocycles. The average Bonchev–Trinajstić information content (AvgIpc) is 3.41. The lowest BCUT2D eigenvalue weighted by Gasteiger charge is -2.61. The van der Waals surface area contributed by atoms with Gasteiger partial charge in [-0.25, -0.2) is 0 Å². The molecule has 2 saturated heterocycles. The van der Waals surface area contributed by atoms with Gasteiger partial charge in [0.05, 0.1) is 26.4 Å². The lowest BCUT2D eigenvalue weighted by molar-refractivity contribution is -0.234. The van der Waals surface area contributed by atoms with Crippen molar-refractivity contribution in [3.8, 4) is 0 Å². The molecule has 6 rings (SSSR count). The van der Waals surface area contributed by atoms with Crippen LogP contribution in [0.1, 0.15) is 72.1 Å². The van der Waals surface area contributed by atoms with Crippen LogP contribution < -0.4 is 0 Å². The molecule has 0 N–H and O–H groups in total. The quantitative estimate of drug-likeness (QED) is 0.634. The number of carbonyl (C=O) groups excluding carboxylic acids is 1. The molecule has 5 heteroatoms. The molecule has 0 aromatic rings. The van der Waals surface area contributed by atoms with Crippen LogP contribution in [0.15, 0.2) is 0 Å². The van der Waals surface area contributed by atoms with Crippen molar-refractivity contribution in [3.63, 3.8) is 0 Å². The van der Waals surface area contributed by atoms with Crippen LogP contribution in [0.2, 0.25) is 0 Å². The fraction of sp³-hybridized carbons (Fsp3) is 0.960. The van der Waals surface area contributed by atoms with Crippen molar-refractivity contribution < 1.29 is 23.7 Å².